The maximum Gasteiger partial charge on any atom is 0.196 e. The number of ketones is 1. The lowest BCUT2D eigenvalue weighted by Gasteiger charge is -2.32. The summed E-state index contributed by atoms with van der Waals surface area (Å²) < 4.78 is 6.03. The van der Waals surface area contributed by atoms with Crippen molar-refractivity contribution in [3.8, 4) is 5.75 Å². The molecule has 3 rings (SSSR count). The number of para-hydroxylation sites is 1. The lowest BCUT2D eigenvalue weighted by molar-refractivity contribution is 0.102. The van der Waals surface area contributed by atoms with Gasteiger partial charge in [0.25, 0.3) is 0 Å². The number of halogens is 1. The fourth-order valence-electron chi connectivity index (χ4n) is 3.20. The molecule has 0 aliphatic carbocycles. The Bertz CT molecular complexity index is 669. The second-order valence-electron chi connectivity index (χ2n) is 6.45. The second kappa shape index (κ2) is 11.3. The van der Waals surface area contributed by atoms with E-state index in [1.54, 1.807) is 0 Å². The van der Waals surface area contributed by atoms with Crippen LogP contribution in [-0.4, -0.2) is 41.4 Å². The van der Waals surface area contributed by atoms with Gasteiger partial charge in [0.05, 0.1) is 5.56 Å². The van der Waals surface area contributed by atoms with Crippen molar-refractivity contribution in [1.29, 1.82) is 0 Å². The number of hydrogen-bond donors (Lipinski definition) is 0. The van der Waals surface area contributed by atoms with E-state index in [9.17, 15) is 4.79 Å². The van der Waals surface area contributed by atoms with Gasteiger partial charge < -0.3 is 4.74 Å². The van der Waals surface area contributed by atoms with Crippen molar-refractivity contribution in [2.75, 3.05) is 24.6 Å². The molecule has 0 spiro atoms. The van der Waals surface area contributed by atoms with E-state index in [1.807, 2.05) is 59.5 Å². The summed E-state index contributed by atoms with van der Waals surface area (Å²) in [4.78, 5) is 17.2. The predicted molar refractivity (Wildman–Crippen MR) is 117 cm³/mol. The molecule has 1 saturated heterocycles. The molecule has 0 aromatic heterocycles. The number of hydrogen-bond acceptors (Lipinski definition) is 3. The van der Waals surface area contributed by atoms with Gasteiger partial charge in [-0.05, 0) is 49.9 Å². The quantitative estimate of drug-likeness (QED) is 0.333. The predicted octanol–water partition coefficient (Wildman–Crippen LogP) is 5.22. The zero-order chi connectivity index (χ0) is 18.8. The minimum absolute atomic E-state index is 0.0109. The molecule has 1 aliphatic rings. The number of likely N-dealkylation sites (tertiary alicyclic amines) is 1. The first-order valence-electron chi connectivity index (χ1n) is 9.19. The van der Waals surface area contributed by atoms with E-state index in [0.717, 1.165) is 13.1 Å². The van der Waals surface area contributed by atoms with E-state index in [1.165, 1.54) is 19.3 Å². The highest BCUT2D eigenvalue weighted by atomic mass is 127. The van der Waals surface area contributed by atoms with Crippen molar-refractivity contribution in [2.45, 2.75) is 32.2 Å². The summed E-state index contributed by atoms with van der Waals surface area (Å²) in [6.07, 6.45) is 3.87. The summed E-state index contributed by atoms with van der Waals surface area (Å²) >= 11 is 2.15. The largest absolute Gasteiger partial charge is 0.491 e. The van der Waals surface area contributed by atoms with Gasteiger partial charge in [0.15, 0.2) is 5.78 Å². The summed E-state index contributed by atoms with van der Waals surface area (Å²) in [5, 5.41) is 0. The van der Waals surface area contributed by atoms with Crippen LogP contribution in [0.25, 0.3) is 0 Å². The van der Waals surface area contributed by atoms with Crippen molar-refractivity contribution < 1.29 is 9.53 Å². The lowest BCUT2D eigenvalue weighted by Crippen LogP contribution is -2.40. The molecule has 0 saturated carbocycles. The maximum atomic E-state index is 12.7. The Balaban J connectivity index is 0.00000117. The summed E-state index contributed by atoms with van der Waals surface area (Å²) in [5.41, 5.74) is 1.33. The van der Waals surface area contributed by atoms with E-state index in [-0.39, 0.29) is 5.78 Å². The number of carbonyl (C=O) groups excluding carboxylic acids is 1. The normalized spacial score (nSPS) is 15.5. The lowest BCUT2D eigenvalue weighted by atomic mass is 10.0. The van der Waals surface area contributed by atoms with E-state index >= 15 is 0 Å². The Hall–Kier alpha value is -1.40. The van der Waals surface area contributed by atoms with Crippen molar-refractivity contribution in [2.24, 2.45) is 0 Å². The number of ether oxygens (including phenoxy) is 1. The average molecular weight is 465 g/mol. The summed E-state index contributed by atoms with van der Waals surface area (Å²) in [7, 11) is 0. The van der Waals surface area contributed by atoms with Crippen LogP contribution in [0.4, 0.5) is 0 Å². The number of alkyl halides is 1. The molecule has 0 bridgehead atoms. The molecular weight excluding hydrogens is 437 g/mol. The molecule has 0 amide bonds. The topological polar surface area (TPSA) is 29.5 Å². The summed E-state index contributed by atoms with van der Waals surface area (Å²) in [6, 6.07) is 17.3. The first-order valence-corrected chi connectivity index (χ1v) is 11.3. The van der Waals surface area contributed by atoms with Crippen LogP contribution in [0.3, 0.4) is 0 Å². The summed E-state index contributed by atoms with van der Waals surface area (Å²) in [5.74, 6) is 0.687. The van der Waals surface area contributed by atoms with Crippen LogP contribution >= 0.6 is 22.6 Å². The molecule has 1 heterocycles. The van der Waals surface area contributed by atoms with Crippen LogP contribution in [0.5, 0.6) is 5.75 Å². The zero-order valence-electron chi connectivity index (χ0n) is 15.7. The standard InChI is InChI=1S/C21H25NO2.CH3I/c1-17(22-14-8-3-9-15-22)16-24-20-13-7-6-12-19(20)21(23)18-10-4-2-5-11-18;1-2/h2,4-7,10-13,17H,3,8-9,14-16H2,1H3;1H3. The Kier molecular flexibility index (Phi) is 9.12. The van der Waals surface area contributed by atoms with Gasteiger partial charge in [-0.25, -0.2) is 0 Å². The van der Waals surface area contributed by atoms with Gasteiger partial charge >= 0.3 is 0 Å². The molecular formula is C22H28INO2. The van der Waals surface area contributed by atoms with E-state index in [2.05, 4.69) is 34.4 Å². The zero-order valence-corrected chi connectivity index (χ0v) is 17.8. The first kappa shape index (κ1) is 20.9. The highest BCUT2D eigenvalue weighted by molar-refractivity contribution is 14.1. The Labute approximate surface area is 170 Å². The van der Waals surface area contributed by atoms with Crippen molar-refractivity contribution >= 4 is 28.4 Å². The number of nitrogens with zero attached hydrogens (tertiary/aromatic N) is 1. The van der Waals surface area contributed by atoms with Gasteiger partial charge in [-0.15, -0.1) is 0 Å². The molecule has 0 N–H and O–H groups in total. The second-order valence-corrected chi connectivity index (χ2v) is 6.45. The third kappa shape index (κ3) is 5.81. The Morgan fingerprint density at radius 1 is 1.00 bits per heavy atom. The molecule has 4 heteroatoms. The van der Waals surface area contributed by atoms with Gasteiger partial charge in [0.2, 0.25) is 0 Å². The minimum Gasteiger partial charge on any atom is -0.491 e. The third-order valence-corrected chi connectivity index (χ3v) is 4.66. The van der Waals surface area contributed by atoms with Crippen LogP contribution in [0, 0.1) is 0 Å². The monoisotopic (exact) mass is 465 g/mol. The van der Waals surface area contributed by atoms with Crippen LogP contribution in [-0.2, 0) is 0 Å². The van der Waals surface area contributed by atoms with Gasteiger partial charge in [-0.3, -0.25) is 9.69 Å². The molecule has 26 heavy (non-hydrogen) atoms. The fraction of sp³-hybridized carbons (Fsp3) is 0.409. The van der Waals surface area contributed by atoms with E-state index < -0.39 is 0 Å². The van der Waals surface area contributed by atoms with E-state index in [0.29, 0.717) is 29.5 Å². The van der Waals surface area contributed by atoms with Crippen molar-refractivity contribution in [1.82, 2.24) is 4.90 Å². The van der Waals surface area contributed by atoms with Gasteiger partial charge in [0.1, 0.15) is 12.4 Å². The van der Waals surface area contributed by atoms with Gasteiger partial charge in [-0.1, -0.05) is 71.5 Å². The van der Waals surface area contributed by atoms with Gasteiger partial charge in [0, 0.05) is 11.6 Å². The SMILES string of the molecule is CC(COc1ccccc1C(=O)c1ccccc1)N1CCCCC1.CI. The number of rotatable bonds is 6. The highest BCUT2D eigenvalue weighted by Gasteiger charge is 2.19. The molecule has 0 radical (unpaired) electrons. The maximum absolute atomic E-state index is 12.7. The van der Waals surface area contributed by atoms with Gasteiger partial charge in [-0.2, -0.15) is 0 Å². The number of carbonyl (C=O) groups is 1. The van der Waals surface area contributed by atoms with Crippen LogP contribution in [0.1, 0.15) is 42.1 Å². The van der Waals surface area contributed by atoms with Crippen molar-refractivity contribution in [3.63, 3.8) is 0 Å². The molecule has 140 valence electrons. The van der Waals surface area contributed by atoms with Crippen molar-refractivity contribution in [3.05, 3.63) is 65.7 Å². The molecule has 1 unspecified atom stereocenters. The minimum atomic E-state index is 0.0109. The summed E-state index contributed by atoms with van der Waals surface area (Å²) in [6.45, 7) is 5.11. The average Bonchev–Trinajstić information content (AvgIpc) is 2.74. The molecule has 3 nitrogen and oxygen atoms in total. The Morgan fingerprint density at radius 2 is 1.62 bits per heavy atom. The Morgan fingerprint density at radius 3 is 2.31 bits per heavy atom. The molecule has 2 aromatic carbocycles. The highest BCUT2D eigenvalue weighted by Crippen LogP contribution is 2.22. The smallest absolute Gasteiger partial charge is 0.196 e. The molecule has 1 aliphatic heterocycles. The van der Waals surface area contributed by atoms with Crippen LogP contribution in [0.15, 0.2) is 54.6 Å². The molecule has 2 aromatic rings. The number of piperidine rings is 1. The van der Waals surface area contributed by atoms with Crippen LogP contribution < -0.4 is 4.74 Å². The van der Waals surface area contributed by atoms with Crippen LogP contribution in [0.2, 0.25) is 0 Å². The molecule has 1 fully saturated rings. The fourth-order valence-corrected chi connectivity index (χ4v) is 3.20. The third-order valence-electron chi connectivity index (χ3n) is 4.66. The molecule has 1 atom stereocenters. The van der Waals surface area contributed by atoms with E-state index in [4.69, 9.17) is 4.74 Å². The first-order chi connectivity index (χ1) is 12.8. The number of benzene rings is 2.